The summed E-state index contributed by atoms with van der Waals surface area (Å²) in [6, 6.07) is 0. The molecule has 17 heavy (non-hydrogen) atoms. The number of sulfone groups is 1. The normalized spacial score (nSPS) is 22.9. The Labute approximate surface area is 108 Å². The largest absolute Gasteiger partial charge is 0.298 e. The lowest BCUT2D eigenvalue weighted by Gasteiger charge is -2.34. The van der Waals surface area contributed by atoms with Gasteiger partial charge in [0.2, 0.25) is 0 Å². The number of carbonyl (C=O) groups excluding carboxylic acids is 1. The predicted octanol–water partition coefficient (Wildman–Crippen LogP) is 1.02. The Balaban J connectivity index is 2.77. The average molecular weight is 279 g/mol. The molecule has 1 aliphatic heterocycles. The molecule has 0 aromatic rings. The zero-order chi connectivity index (χ0) is 13.1. The van der Waals surface area contributed by atoms with E-state index in [0.717, 1.165) is 5.75 Å². The Morgan fingerprint density at radius 1 is 1.47 bits per heavy atom. The van der Waals surface area contributed by atoms with Crippen molar-refractivity contribution in [3.63, 3.8) is 0 Å². The van der Waals surface area contributed by atoms with E-state index in [9.17, 15) is 13.2 Å². The summed E-state index contributed by atoms with van der Waals surface area (Å²) in [7, 11) is -3.09. The molecule has 1 aliphatic rings. The maximum atomic E-state index is 11.9. The van der Waals surface area contributed by atoms with Crippen LogP contribution in [0.2, 0.25) is 0 Å². The van der Waals surface area contributed by atoms with Crippen LogP contribution in [-0.4, -0.2) is 54.8 Å². The van der Waals surface area contributed by atoms with Gasteiger partial charge in [-0.05, 0) is 0 Å². The fourth-order valence-electron chi connectivity index (χ4n) is 1.70. The van der Waals surface area contributed by atoms with Crippen molar-refractivity contribution in [2.45, 2.75) is 26.1 Å². The SMILES string of the molecule is CCS(=O)(=O)C1CSCCN1CC(=O)C(C)C. The lowest BCUT2D eigenvalue weighted by atomic mass is 10.1. The molecule has 0 aromatic carbocycles. The summed E-state index contributed by atoms with van der Waals surface area (Å²) >= 11 is 1.65. The van der Waals surface area contributed by atoms with Gasteiger partial charge in [-0.25, -0.2) is 8.42 Å². The van der Waals surface area contributed by atoms with Gasteiger partial charge in [0.25, 0.3) is 0 Å². The molecule has 0 radical (unpaired) electrons. The Morgan fingerprint density at radius 3 is 2.65 bits per heavy atom. The zero-order valence-corrected chi connectivity index (χ0v) is 12.3. The summed E-state index contributed by atoms with van der Waals surface area (Å²) in [6.07, 6.45) is 0. The number of hydrogen-bond acceptors (Lipinski definition) is 5. The smallest absolute Gasteiger partial charge is 0.166 e. The van der Waals surface area contributed by atoms with E-state index in [1.807, 2.05) is 18.7 Å². The van der Waals surface area contributed by atoms with Gasteiger partial charge < -0.3 is 0 Å². The van der Waals surface area contributed by atoms with Crippen LogP contribution in [0.25, 0.3) is 0 Å². The molecule has 100 valence electrons. The Bertz CT molecular complexity index is 365. The van der Waals surface area contributed by atoms with Crippen LogP contribution >= 0.6 is 11.8 Å². The molecule has 6 heteroatoms. The van der Waals surface area contributed by atoms with Gasteiger partial charge in [0.1, 0.15) is 11.2 Å². The topological polar surface area (TPSA) is 54.5 Å². The molecule has 0 amide bonds. The summed E-state index contributed by atoms with van der Waals surface area (Å²) in [6.45, 7) is 6.32. The van der Waals surface area contributed by atoms with Crippen LogP contribution in [0.1, 0.15) is 20.8 Å². The second kappa shape index (κ2) is 6.20. The highest BCUT2D eigenvalue weighted by Gasteiger charge is 2.33. The van der Waals surface area contributed by atoms with E-state index in [4.69, 9.17) is 0 Å². The van der Waals surface area contributed by atoms with Crippen LogP contribution in [0.3, 0.4) is 0 Å². The van der Waals surface area contributed by atoms with Crippen molar-refractivity contribution in [3.8, 4) is 0 Å². The van der Waals surface area contributed by atoms with Crippen molar-refractivity contribution in [2.75, 3.05) is 30.3 Å². The molecule has 1 fully saturated rings. The minimum atomic E-state index is -3.09. The zero-order valence-electron chi connectivity index (χ0n) is 10.7. The standard InChI is InChI=1S/C11H21NO3S2/c1-4-17(14,15)11-8-16-6-5-12(11)7-10(13)9(2)3/h9,11H,4-8H2,1-3H3. The summed E-state index contributed by atoms with van der Waals surface area (Å²) in [4.78, 5) is 13.6. The third-order valence-corrected chi connectivity index (χ3v) is 6.34. The van der Waals surface area contributed by atoms with Gasteiger partial charge in [-0.15, -0.1) is 0 Å². The third kappa shape index (κ3) is 3.96. The fraction of sp³-hybridized carbons (Fsp3) is 0.909. The Kier molecular flexibility index (Phi) is 5.47. The quantitative estimate of drug-likeness (QED) is 0.752. The predicted molar refractivity (Wildman–Crippen MR) is 72.0 cm³/mol. The molecule has 1 rings (SSSR count). The molecule has 0 aromatic heterocycles. The maximum absolute atomic E-state index is 11.9. The van der Waals surface area contributed by atoms with Gasteiger partial charge in [-0.2, -0.15) is 11.8 Å². The lowest BCUT2D eigenvalue weighted by Crippen LogP contribution is -2.50. The van der Waals surface area contributed by atoms with E-state index in [0.29, 0.717) is 12.3 Å². The highest BCUT2D eigenvalue weighted by molar-refractivity contribution is 8.01. The van der Waals surface area contributed by atoms with E-state index in [1.54, 1.807) is 18.7 Å². The molecule has 0 saturated carbocycles. The van der Waals surface area contributed by atoms with Gasteiger partial charge >= 0.3 is 0 Å². The van der Waals surface area contributed by atoms with Crippen molar-refractivity contribution in [1.82, 2.24) is 4.90 Å². The third-order valence-electron chi connectivity index (χ3n) is 3.01. The summed E-state index contributed by atoms with van der Waals surface area (Å²) in [5, 5.41) is -0.478. The summed E-state index contributed by atoms with van der Waals surface area (Å²) in [5.41, 5.74) is 0. The van der Waals surface area contributed by atoms with E-state index in [-0.39, 0.29) is 24.0 Å². The van der Waals surface area contributed by atoms with Crippen molar-refractivity contribution in [3.05, 3.63) is 0 Å². The molecule has 0 spiro atoms. The number of rotatable bonds is 5. The monoisotopic (exact) mass is 279 g/mol. The molecular formula is C11H21NO3S2. The second-order valence-corrected chi connectivity index (χ2v) is 8.17. The first-order chi connectivity index (χ1) is 7.88. The fourth-order valence-corrected chi connectivity index (χ4v) is 4.78. The van der Waals surface area contributed by atoms with E-state index in [1.165, 1.54) is 0 Å². The van der Waals surface area contributed by atoms with E-state index < -0.39 is 15.2 Å². The highest BCUT2D eigenvalue weighted by Crippen LogP contribution is 2.21. The average Bonchev–Trinajstić information content (AvgIpc) is 2.29. The minimum absolute atomic E-state index is 0.0328. The number of ketones is 1. The number of Topliss-reactive ketones (excluding diaryl/α,β-unsaturated/α-hetero) is 1. The van der Waals surface area contributed by atoms with Crippen LogP contribution < -0.4 is 0 Å². The molecule has 0 N–H and O–H groups in total. The molecule has 1 atom stereocenters. The van der Waals surface area contributed by atoms with Crippen LogP contribution in [0.15, 0.2) is 0 Å². The molecule has 0 bridgehead atoms. The number of thioether (sulfide) groups is 1. The highest BCUT2D eigenvalue weighted by atomic mass is 32.2. The van der Waals surface area contributed by atoms with Gasteiger partial charge in [0.05, 0.1) is 6.54 Å². The maximum Gasteiger partial charge on any atom is 0.166 e. The molecular weight excluding hydrogens is 258 g/mol. The summed E-state index contributed by atoms with van der Waals surface area (Å²) < 4.78 is 23.9. The van der Waals surface area contributed by atoms with Crippen LogP contribution in [0, 0.1) is 5.92 Å². The van der Waals surface area contributed by atoms with Gasteiger partial charge in [-0.1, -0.05) is 20.8 Å². The molecule has 4 nitrogen and oxygen atoms in total. The van der Waals surface area contributed by atoms with Crippen molar-refractivity contribution >= 4 is 27.4 Å². The van der Waals surface area contributed by atoms with Crippen molar-refractivity contribution in [1.29, 1.82) is 0 Å². The van der Waals surface area contributed by atoms with Crippen LogP contribution in [-0.2, 0) is 14.6 Å². The van der Waals surface area contributed by atoms with Crippen LogP contribution in [0.5, 0.6) is 0 Å². The Morgan fingerprint density at radius 2 is 2.12 bits per heavy atom. The molecule has 0 aliphatic carbocycles. The van der Waals surface area contributed by atoms with E-state index in [2.05, 4.69) is 0 Å². The van der Waals surface area contributed by atoms with E-state index >= 15 is 0 Å². The van der Waals surface area contributed by atoms with Gasteiger partial charge in [0, 0.05) is 29.7 Å². The number of nitrogens with zero attached hydrogens (tertiary/aromatic N) is 1. The number of hydrogen-bond donors (Lipinski definition) is 0. The second-order valence-electron chi connectivity index (χ2n) is 4.57. The van der Waals surface area contributed by atoms with Crippen molar-refractivity contribution in [2.24, 2.45) is 5.92 Å². The van der Waals surface area contributed by atoms with Crippen molar-refractivity contribution < 1.29 is 13.2 Å². The lowest BCUT2D eigenvalue weighted by molar-refractivity contribution is -0.123. The first-order valence-corrected chi connectivity index (χ1v) is 8.81. The Hall–Kier alpha value is -0.0700. The minimum Gasteiger partial charge on any atom is -0.298 e. The molecule has 1 saturated heterocycles. The summed E-state index contributed by atoms with van der Waals surface area (Å²) in [5.74, 6) is 1.72. The van der Waals surface area contributed by atoms with Crippen LogP contribution in [0.4, 0.5) is 0 Å². The first kappa shape index (κ1) is 15.0. The number of carbonyl (C=O) groups is 1. The van der Waals surface area contributed by atoms with Gasteiger partial charge in [-0.3, -0.25) is 9.69 Å². The first-order valence-electron chi connectivity index (χ1n) is 5.94. The van der Waals surface area contributed by atoms with Gasteiger partial charge in [0.15, 0.2) is 9.84 Å². The molecule has 1 unspecified atom stereocenters. The molecule has 1 heterocycles.